The number of hydrogen-bond acceptors (Lipinski definition) is 1. The molecule has 0 fully saturated rings. The first-order chi connectivity index (χ1) is 4.22. The Labute approximate surface area is 117 Å². The van der Waals surface area contributed by atoms with E-state index in [1.165, 1.54) is 0 Å². The van der Waals surface area contributed by atoms with Gasteiger partial charge in [0.15, 0.2) is 0 Å². The van der Waals surface area contributed by atoms with Gasteiger partial charge in [0, 0.05) is 63.2 Å². The van der Waals surface area contributed by atoms with Gasteiger partial charge in [-0.3, -0.25) is 0 Å². The van der Waals surface area contributed by atoms with Crippen LogP contribution in [0.15, 0.2) is 12.1 Å². The fourth-order valence-electron chi connectivity index (χ4n) is 0.758. The predicted octanol–water partition coefficient (Wildman–Crippen LogP) is 1.68. The second-order valence-electron chi connectivity index (χ2n) is 2.24. The summed E-state index contributed by atoms with van der Waals surface area (Å²) in [6.45, 7) is 3.97. The van der Waals surface area contributed by atoms with Gasteiger partial charge in [0.05, 0.1) is 0 Å². The zero-order valence-electron chi connectivity index (χ0n) is 6.96. The van der Waals surface area contributed by atoms with E-state index in [9.17, 15) is 0 Å². The van der Waals surface area contributed by atoms with Crippen molar-refractivity contribution in [3.05, 3.63) is 29.3 Å². The molecule has 0 heterocycles. The molecule has 0 aliphatic carbocycles. The van der Waals surface area contributed by atoms with Crippen LogP contribution >= 0.6 is 0 Å². The van der Waals surface area contributed by atoms with Crippen LogP contribution in [0.2, 0.25) is 0 Å². The molecule has 0 aromatic heterocycles. The van der Waals surface area contributed by atoms with Gasteiger partial charge in [-0.05, 0) is 0 Å². The topological polar surface area (TPSA) is 26.0 Å². The molecule has 0 radical (unpaired) electrons. The Morgan fingerprint density at radius 3 is 1.58 bits per heavy atom. The third-order valence-corrected chi connectivity index (χ3v) is 1.45. The Balaban J connectivity index is -0.000000270. The standard InChI is InChI=1S/C8H10N.3W/c1-6-4-3-5-7(2)8(6)9;;;/h4-5H,9H2,1-2H3;;;/q-1;;;. The molecule has 1 rings (SSSR count). The first kappa shape index (κ1) is 18.8. The summed E-state index contributed by atoms with van der Waals surface area (Å²) < 4.78 is 0. The van der Waals surface area contributed by atoms with Gasteiger partial charge in [-0.1, -0.05) is 19.5 Å². The Morgan fingerprint density at radius 2 is 1.33 bits per heavy atom. The summed E-state index contributed by atoms with van der Waals surface area (Å²) in [5.74, 6) is 0. The summed E-state index contributed by atoms with van der Waals surface area (Å²) in [4.78, 5) is 0. The van der Waals surface area contributed by atoms with Crippen LogP contribution in [0.3, 0.4) is 0 Å². The van der Waals surface area contributed by atoms with Crippen molar-refractivity contribution < 1.29 is 63.2 Å². The Morgan fingerprint density at radius 1 is 1.00 bits per heavy atom. The minimum atomic E-state index is 0. The molecule has 1 aromatic carbocycles. The SMILES string of the molecule is Cc1c[c-]cc(C)c1N.[W].[W].[W]. The van der Waals surface area contributed by atoms with Crippen LogP contribution in [0.1, 0.15) is 11.1 Å². The van der Waals surface area contributed by atoms with Crippen molar-refractivity contribution in [2.24, 2.45) is 0 Å². The molecule has 0 spiro atoms. The van der Waals surface area contributed by atoms with Gasteiger partial charge >= 0.3 is 0 Å². The molecule has 1 aromatic rings. The van der Waals surface area contributed by atoms with E-state index >= 15 is 0 Å². The summed E-state index contributed by atoms with van der Waals surface area (Å²) in [6, 6.07) is 6.77. The molecule has 0 atom stereocenters. The normalized spacial score (nSPS) is 7.17. The molecule has 4 heteroatoms. The van der Waals surface area contributed by atoms with Crippen LogP contribution in [0.4, 0.5) is 5.69 Å². The monoisotopic (exact) mass is 672 g/mol. The third kappa shape index (κ3) is 4.95. The third-order valence-electron chi connectivity index (χ3n) is 1.45. The quantitative estimate of drug-likeness (QED) is 0.330. The second kappa shape index (κ2) is 8.67. The number of nitrogen functional groups attached to an aromatic ring is 1. The summed E-state index contributed by atoms with van der Waals surface area (Å²) in [5.41, 5.74) is 8.76. The zero-order valence-corrected chi connectivity index (χ0v) is 15.8. The molecule has 0 saturated heterocycles. The van der Waals surface area contributed by atoms with Crippen LogP contribution in [0.5, 0.6) is 0 Å². The van der Waals surface area contributed by atoms with Crippen LogP contribution in [-0.2, 0) is 63.2 Å². The molecular formula is C8H10NW3-. The van der Waals surface area contributed by atoms with Crippen molar-refractivity contribution in [1.29, 1.82) is 0 Å². The average Bonchev–Trinajstić information content (AvgIpc) is 1.83. The van der Waals surface area contributed by atoms with E-state index in [4.69, 9.17) is 5.73 Å². The molecule has 0 aliphatic rings. The smallest absolute Gasteiger partial charge is 0 e. The summed E-state index contributed by atoms with van der Waals surface area (Å²) in [5, 5.41) is 0. The van der Waals surface area contributed by atoms with E-state index in [0.29, 0.717) is 0 Å². The minimum absolute atomic E-state index is 0. The van der Waals surface area contributed by atoms with Crippen molar-refractivity contribution in [3.63, 3.8) is 0 Å². The average molecular weight is 672 g/mol. The summed E-state index contributed by atoms with van der Waals surface area (Å²) >= 11 is 0. The molecule has 0 saturated carbocycles. The van der Waals surface area contributed by atoms with Crippen molar-refractivity contribution >= 4 is 5.69 Å². The molecule has 1 nitrogen and oxygen atoms in total. The number of nitrogens with two attached hydrogens (primary N) is 1. The zero-order chi connectivity index (χ0) is 6.85. The van der Waals surface area contributed by atoms with E-state index in [1.54, 1.807) is 0 Å². The fraction of sp³-hybridized carbons (Fsp3) is 0.250. The Bertz CT molecular complexity index is 205. The largest absolute Gasteiger partial charge is 0.419 e. The van der Waals surface area contributed by atoms with Crippen molar-refractivity contribution in [1.82, 2.24) is 0 Å². The number of rotatable bonds is 0. The number of hydrogen-bond donors (Lipinski definition) is 1. The molecule has 66 valence electrons. The Hall–Kier alpha value is 1.08. The summed E-state index contributed by atoms with van der Waals surface area (Å²) in [6.07, 6.45) is 0. The maximum atomic E-state index is 5.66. The van der Waals surface area contributed by atoms with E-state index in [1.807, 2.05) is 26.0 Å². The van der Waals surface area contributed by atoms with Crippen molar-refractivity contribution in [3.8, 4) is 0 Å². The molecule has 0 bridgehead atoms. The van der Waals surface area contributed by atoms with Crippen LogP contribution < -0.4 is 5.73 Å². The summed E-state index contributed by atoms with van der Waals surface area (Å²) in [7, 11) is 0. The van der Waals surface area contributed by atoms with Crippen molar-refractivity contribution in [2.45, 2.75) is 13.8 Å². The maximum absolute atomic E-state index is 5.66. The molecule has 12 heavy (non-hydrogen) atoms. The maximum Gasteiger partial charge on any atom is 0 e. The molecule has 0 unspecified atom stereocenters. The van der Waals surface area contributed by atoms with E-state index < -0.39 is 0 Å². The first-order valence-corrected chi connectivity index (χ1v) is 2.94. The van der Waals surface area contributed by atoms with Gasteiger partial charge in [-0.15, -0.1) is 11.1 Å². The van der Waals surface area contributed by atoms with Gasteiger partial charge in [-0.25, -0.2) is 0 Å². The first-order valence-electron chi connectivity index (χ1n) is 2.94. The minimum Gasteiger partial charge on any atom is -0.419 e. The fourth-order valence-corrected chi connectivity index (χ4v) is 0.758. The Kier molecular flexibility index (Phi) is 13.6. The van der Waals surface area contributed by atoms with E-state index in [-0.39, 0.29) is 63.2 Å². The van der Waals surface area contributed by atoms with Crippen molar-refractivity contribution in [2.75, 3.05) is 5.73 Å². The van der Waals surface area contributed by atoms with Gasteiger partial charge in [0.1, 0.15) is 0 Å². The molecule has 0 aliphatic heterocycles. The second-order valence-corrected chi connectivity index (χ2v) is 2.24. The molecular weight excluding hydrogens is 662 g/mol. The van der Waals surface area contributed by atoms with Crippen LogP contribution in [0.25, 0.3) is 0 Å². The molecule has 0 amide bonds. The van der Waals surface area contributed by atoms with Gasteiger partial charge in [0.25, 0.3) is 0 Å². The van der Waals surface area contributed by atoms with Crippen LogP contribution in [0, 0.1) is 19.9 Å². The van der Waals surface area contributed by atoms with Crippen LogP contribution in [-0.4, -0.2) is 0 Å². The van der Waals surface area contributed by atoms with E-state index in [0.717, 1.165) is 16.8 Å². The van der Waals surface area contributed by atoms with Gasteiger partial charge < -0.3 is 5.73 Å². The number of benzene rings is 1. The van der Waals surface area contributed by atoms with Gasteiger partial charge in [0.2, 0.25) is 0 Å². The predicted molar refractivity (Wildman–Crippen MR) is 39.2 cm³/mol. The van der Waals surface area contributed by atoms with Gasteiger partial charge in [-0.2, -0.15) is 18.2 Å². The van der Waals surface area contributed by atoms with E-state index in [2.05, 4.69) is 6.07 Å². The molecule has 2 N–H and O–H groups in total. The number of anilines is 1. The number of aryl methyl sites for hydroxylation is 2.